The Kier molecular flexibility index (Phi) is 8.44. The molecule has 0 saturated heterocycles. The summed E-state index contributed by atoms with van der Waals surface area (Å²) in [4.78, 5) is 0. The highest BCUT2D eigenvalue weighted by molar-refractivity contribution is 8.15. The fourth-order valence-electron chi connectivity index (χ4n) is 2.67. The van der Waals surface area contributed by atoms with E-state index in [1.54, 1.807) is 0 Å². The van der Waals surface area contributed by atoms with Crippen molar-refractivity contribution in [2.45, 2.75) is 19.8 Å². The second-order valence-electron chi connectivity index (χ2n) is 5.90. The van der Waals surface area contributed by atoms with E-state index in [9.17, 15) is 0 Å². The van der Waals surface area contributed by atoms with Crippen molar-refractivity contribution in [3.05, 3.63) is 71.8 Å². The van der Waals surface area contributed by atoms with E-state index in [-0.39, 0.29) is 0 Å². The molecule has 0 radical (unpaired) electrons. The Morgan fingerprint density at radius 3 is 1.70 bits per heavy atom. The molecular formula is C20H27PS2. The Morgan fingerprint density at radius 2 is 1.26 bits per heavy atom. The highest BCUT2D eigenvalue weighted by Crippen LogP contribution is 2.47. The Hall–Kier alpha value is -0.560. The molecule has 2 rings (SSSR count). The molecule has 124 valence electrons. The molecule has 0 aromatic heterocycles. The van der Waals surface area contributed by atoms with Crippen LogP contribution in [-0.4, -0.2) is 30.0 Å². The molecule has 0 bridgehead atoms. The van der Waals surface area contributed by atoms with Crippen LogP contribution in [-0.2, 0) is 24.6 Å². The molecule has 0 N–H and O–H groups in total. The highest BCUT2D eigenvalue weighted by Gasteiger charge is 2.17. The standard InChI is InChI=1S/C20H27PS2/c1-2-23-18-17-21(22,15-13-19-9-5-3-6-10-19)16-14-20-11-7-4-8-12-20/h3-12H,2,13-18H2,1H3. The number of rotatable bonds is 10. The zero-order chi connectivity index (χ0) is 16.4. The Bertz CT molecular complexity index is 548. The zero-order valence-electron chi connectivity index (χ0n) is 14.0. The zero-order valence-corrected chi connectivity index (χ0v) is 16.5. The Labute approximate surface area is 151 Å². The second kappa shape index (κ2) is 10.3. The third-order valence-electron chi connectivity index (χ3n) is 4.15. The van der Waals surface area contributed by atoms with Gasteiger partial charge in [0, 0.05) is 0 Å². The maximum Gasteiger partial charge on any atom is -0.00210 e. The van der Waals surface area contributed by atoms with Crippen molar-refractivity contribution in [3.63, 3.8) is 0 Å². The van der Waals surface area contributed by atoms with Gasteiger partial charge in [0.2, 0.25) is 0 Å². The van der Waals surface area contributed by atoms with E-state index in [2.05, 4.69) is 67.6 Å². The topological polar surface area (TPSA) is 0 Å². The summed E-state index contributed by atoms with van der Waals surface area (Å²) in [7, 11) is 0. The van der Waals surface area contributed by atoms with Crippen LogP contribution in [0.2, 0.25) is 0 Å². The van der Waals surface area contributed by atoms with Crippen molar-refractivity contribution in [2.75, 3.05) is 30.0 Å². The van der Waals surface area contributed by atoms with Crippen LogP contribution in [0.4, 0.5) is 0 Å². The summed E-state index contributed by atoms with van der Waals surface area (Å²) in [6.45, 7) is 2.24. The van der Waals surface area contributed by atoms with E-state index in [0.717, 1.165) is 12.8 Å². The van der Waals surface area contributed by atoms with Crippen LogP contribution in [0.3, 0.4) is 0 Å². The minimum atomic E-state index is -1.27. The van der Waals surface area contributed by atoms with E-state index in [1.807, 2.05) is 11.8 Å². The van der Waals surface area contributed by atoms with Crippen molar-refractivity contribution in [2.24, 2.45) is 0 Å². The molecule has 0 atom stereocenters. The average molecular weight is 363 g/mol. The molecule has 2 aromatic carbocycles. The van der Waals surface area contributed by atoms with Gasteiger partial charge in [-0.05, 0) is 60.0 Å². The summed E-state index contributed by atoms with van der Waals surface area (Å²) in [5.41, 5.74) is 2.87. The SMILES string of the molecule is CCSCCP(=S)(CCc1ccccc1)CCc1ccccc1. The summed E-state index contributed by atoms with van der Waals surface area (Å²) < 4.78 is 0. The molecular weight excluding hydrogens is 335 g/mol. The van der Waals surface area contributed by atoms with Gasteiger partial charge in [0.25, 0.3) is 0 Å². The molecule has 0 aliphatic heterocycles. The maximum absolute atomic E-state index is 6.21. The predicted octanol–water partition coefficient (Wildman–Crippen LogP) is 5.70. The van der Waals surface area contributed by atoms with E-state index >= 15 is 0 Å². The van der Waals surface area contributed by atoms with Crippen LogP contribution in [0.1, 0.15) is 18.1 Å². The van der Waals surface area contributed by atoms with Gasteiger partial charge in [-0.25, -0.2) is 0 Å². The quantitative estimate of drug-likeness (QED) is 0.392. The van der Waals surface area contributed by atoms with E-state index in [1.165, 1.54) is 41.1 Å². The van der Waals surface area contributed by atoms with Crippen molar-refractivity contribution in [1.29, 1.82) is 0 Å². The van der Waals surface area contributed by atoms with Crippen LogP contribution in [0.25, 0.3) is 0 Å². The lowest BCUT2D eigenvalue weighted by molar-refractivity contribution is 1.09. The lowest BCUT2D eigenvalue weighted by atomic mass is 10.2. The summed E-state index contributed by atoms with van der Waals surface area (Å²) in [5.74, 6) is 2.43. The predicted molar refractivity (Wildman–Crippen MR) is 112 cm³/mol. The minimum absolute atomic E-state index is 1.14. The fourth-order valence-corrected chi connectivity index (χ4v) is 8.02. The lowest BCUT2D eigenvalue weighted by Crippen LogP contribution is -2.06. The molecule has 0 fully saturated rings. The smallest absolute Gasteiger partial charge is 0.00210 e. The van der Waals surface area contributed by atoms with Gasteiger partial charge >= 0.3 is 0 Å². The van der Waals surface area contributed by atoms with Crippen LogP contribution >= 0.6 is 17.8 Å². The van der Waals surface area contributed by atoms with Crippen LogP contribution < -0.4 is 0 Å². The number of hydrogen-bond donors (Lipinski definition) is 0. The van der Waals surface area contributed by atoms with Crippen molar-refractivity contribution >= 4 is 29.6 Å². The van der Waals surface area contributed by atoms with Crippen LogP contribution in [0.15, 0.2) is 60.7 Å². The molecule has 3 heteroatoms. The van der Waals surface area contributed by atoms with Crippen LogP contribution in [0, 0.1) is 0 Å². The van der Waals surface area contributed by atoms with Gasteiger partial charge in [-0.15, -0.1) is 0 Å². The van der Waals surface area contributed by atoms with Gasteiger partial charge in [-0.1, -0.05) is 79.4 Å². The first-order valence-electron chi connectivity index (χ1n) is 8.44. The summed E-state index contributed by atoms with van der Waals surface area (Å²) >= 11 is 8.25. The first-order chi connectivity index (χ1) is 11.2. The summed E-state index contributed by atoms with van der Waals surface area (Å²) in [6, 6.07) is 20.4. The van der Waals surface area contributed by atoms with E-state index in [0.29, 0.717) is 0 Å². The van der Waals surface area contributed by atoms with Gasteiger partial charge in [0.1, 0.15) is 0 Å². The third-order valence-corrected chi connectivity index (χ3v) is 10.1. The molecule has 2 aromatic rings. The highest BCUT2D eigenvalue weighted by atomic mass is 32.4. The first-order valence-corrected chi connectivity index (χ1v) is 13.0. The minimum Gasteiger partial charge on any atom is -0.162 e. The first kappa shape index (κ1) is 18.8. The molecule has 0 heterocycles. The van der Waals surface area contributed by atoms with E-state index < -0.39 is 6.04 Å². The van der Waals surface area contributed by atoms with Gasteiger partial charge in [-0.2, -0.15) is 11.8 Å². The number of benzene rings is 2. The molecule has 0 unspecified atom stereocenters. The van der Waals surface area contributed by atoms with Gasteiger partial charge < -0.3 is 0 Å². The normalized spacial score (nSPS) is 11.5. The van der Waals surface area contributed by atoms with Crippen molar-refractivity contribution in [1.82, 2.24) is 0 Å². The van der Waals surface area contributed by atoms with Crippen molar-refractivity contribution < 1.29 is 0 Å². The molecule has 0 saturated carbocycles. The fraction of sp³-hybridized carbons (Fsp3) is 0.400. The summed E-state index contributed by atoms with van der Waals surface area (Å²) in [6.07, 6.45) is 5.96. The van der Waals surface area contributed by atoms with Crippen molar-refractivity contribution in [3.8, 4) is 0 Å². The van der Waals surface area contributed by atoms with Gasteiger partial charge in [0.15, 0.2) is 0 Å². The summed E-state index contributed by atoms with van der Waals surface area (Å²) in [5, 5.41) is 0. The maximum atomic E-state index is 6.21. The molecule has 0 spiro atoms. The largest absolute Gasteiger partial charge is 0.162 e. The molecule has 0 amide bonds. The Balaban J connectivity index is 1.94. The molecule has 0 aliphatic rings. The number of aryl methyl sites for hydroxylation is 2. The molecule has 0 nitrogen and oxygen atoms in total. The third kappa shape index (κ3) is 7.25. The van der Waals surface area contributed by atoms with Crippen LogP contribution in [0.5, 0.6) is 0 Å². The lowest BCUT2D eigenvalue weighted by Gasteiger charge is -2.22. The second-order valence-corrected chi connectivity index (χ2v) is 13.1. The number of thioether (sulfide) groups is 1. The molecule has 23 heavy (non-hydrogen) atoms. The van der Waals surface area contributed by atoms with E-state index in [4.69, 9.17) is 11.8 Å². The number of hydrogen-bond acceptors (Lipinski definition) is 2. The van der Waals surface area contributed by atoms with Gasteiger partial charge in [-0.3, -0.25) is 0 Å². The van der Waals surface area contributed by atoms with Gasteiger partial charge in [0.05, 0.1) is 0 Å². The Morgan fingerprint density at radius 1 is 0.783 bits per heavy atom. The average Bonchev–Trinajstić information content (AvgIpc) is 2.61. The monoisotopic (exact) mass is 362 g/mol. The molecule has 0 aliphatic carbocycles.